The van der Waals surface area contributed by atoms with E-state index in [1.54, 1.807) is 12.1 Å². The third-order valence-electron chi connectivity index (χ3n) is 3.17. The second-order valence-electron chi connectivity index (χ2n) is 4.74. The molecule has 2 rings (SSSR count). The van der Waals surface area contributed by atoms with Crippen LogP contribution in [0.25, 0.3) is 0 Å². The van der Waals surface area contributed by atoms with Crippen LogP contribution in [0.2, 0.25) is 10.0 Å². The number of pyridine rings is 1. The van der Waals surface area contributed by atoms with Crippen molar-refractivity contribution < 1.29 is 9.90 Å². The summed E-state index contributed by atoms with van der Waals surface area (Å²) in [6.07, 6.45) is 1.37. The molecule has 0 radical (unpaired) electrons. The lowest BCUT2D eigenvalue weighted by Gasteiger charge is -2.27. The van der Waals surface area contributed by atoms with E-state index < -0.39 is 21.6 Å². The van der Waals surface area contributed by atoms with Gasteiger partial charge in [-0.3, -0.25) is 9.78 Å². The molecular formula is C15H10Cl5NO2. The molecule has 3 nitrogen and oxygen atoms in total. The van der Waals surface area contributed by atoms with Crippen LogP contribution in [0.15, 0.2) is 42.7 Å². The highest BCUT2D eigenvalue weighted by atomic mass is 35.6. The van der Waals surface area contributed by atoms with Gasteiger partial charge >= 0.3 is 0 Å². The minimum absolute atomic E-state index is 0.146. The van der Waals surface area contributed by atoms with Crippen LogP contribution < -0.4 is 0 Å². The molecule has 0 aliphatic heterocycles. The Bertz CT molecular complexity index is 703. The summed E-state index contributed by atoms with van der Waals surface area (Å²) >= 11 is 29.2. The predicted molar refractivity (Wildman–Crippen MR) is 94.1 cm³/mol. The van der Waals surface area contributed by atoms with Gasteiger partial charge in [-0.25, -0.2) is 0 Å². The number of carbonyl (C=O) groups is 1. The maximum Gasteiger partial charge on any atom is 0.217 e. The molecule has 122 valence electrons. The van der Waals surface area contributed by atoms with Gasteiger partial charge in [-0.1, -0.05) is 64.1 Å². The smallest absolute Gasteiger partial charge is 0.217 e. The molecule has 2 aromatic rings. The molecule has 0 fully saturated rings. The third kappa shape index (κ3) is 4.50. The zero-order valence-electron chi connectivity index (χ0n) is 11.4. The van der Waals surface area contributed by atoms with E-state index in [0.717, 1.165) is 0 Å². The van der Waals surface area contributed by atoms with Gasteiger partial charge in [0, 0.05) is 23.0 Å². The summed E-state index contributed by atoms with van der Waals surface area (Å²) in [5.74, 6) is -1.65. The lowest BCUT2D eigenvalue weighted by Crippen LogP contribution is -2.36. The maximum atomic E-state index is 12.9. The average Bonchev–Trinajstić information content (AvgIpc) is 2.47. The van der Waals surface area contributed by atoms with Gasteiger partial charge in [0.25, 0.3) is 0 Å². The Kier molecular flexibility index (Phi) is 6.17. The molecule has 1 aromatic heterocycles. The van der Waals surface area contributed by atoms with Crippen LogP contribution >= 0.6 is 58.0 Å². The van der Waals surface area contributed by atoms with Gasteiger partial charge in [0.05, 0.1) is 10.9 Å². The van der Waals surface area contributed by atoms with Gasteiger partial charge < -0.3 is 5.11 Å². The summed E-state index contributed by atoms with van der Waals surface area (Å²) in [4.78, 5) is 16.8. The van der Waals surface area contributed by atoms with E-state index in [-0.39, 0.29) is 10.6 Å². The van der Waals surface area contributed by atoms with Gasteiger partial charge in [-0.2, -0.15) is 0 Å². The highest BCUT2D eigenvalue weighted by Gasteiger charge is 2.42. The van der Waals surface area contributed by atoms with Crippen molar-refractivity contribution in [2.24, 2.45) is 0 Å². The summed E-state index contributed by atoms with van der Waals surface area (Å²) in [7, 11) is 0. The normalized spacial score (nSPS) is 14.3. The van der Waals surface area contributed by atoms with Crippen LogP contribution in [-0.4, -0.2) is 25.8 Å². The number of aliphatic hydroxyl groups is 1. The SMILES string of the molecule is O=C(c1ccc(Cl)cc1Cl)[C@@H](c1cccnc1)[C@H](O)C(Cl)(Cl)Cl. The van der Waals surface area contributed by atoms with Crippen molar-refractivity contribution in [1.29, 1.82) is 0 Å². The Hall–Kier alpha value is -0.550. The van der Waals surface area contributed by atoms with E-state index in [2.05, 4.69) is 4.98 Å². The summed E-state index contributed by atoms with van der Waals surface area (Å²) in [6.45, 7) is 0. The number of ketones is 1. The molecule has 0 aliphatic rings. The van der Waals surface area contributed by atoms with Crippen LogP contribution in [0, 0.1) is 0 Å². The quantitative estimate of drug-likeness (QED) is 0.561. The summed E-state index contributed by atoms with van der Waals surface area (Å²) < 4.78 is -2.06. The molecule has 1 N–H and O–H groups in total. The fraction of sp³-hybridized carbons (Fsp3) is 0.200. The Morgan fingerprint density at radius 3 is 2.39 bits per heavy atom. The second-order valence-corrected chi connectivity index (χ2v) is 7.95. The van der Waals surface area contributed by atoms with Crippen LogP contribution in [0.3, 0.4) is 0 Å². The van der Waals surface area contributed by atoms with E-state index in [0.29, 0.717) is 10.6 Å². The van der Waals surface area contributed by atoms with Crippen LogP contribution in [0.4, 0.5) is 0 Å². The number of carbonyl (C=O) groups excluding carboxylic acids is 1. The van der Waals surface area contributed by atoms with Crippen molar-refractivity contribution >= 4 is 63.8 Å². The Morgan fingerprint density at radius 1 is 1.17 bits per heavy atom. The third-order valence-corrected chi connectivity index (χ3v) is 4.39. The molecule has 0 saturated heterocycles. The van der Waals surface area contributed by atoms with Crippen molar-refractivity contribution in [3.8, 4) is 0 Å². The minimum atomic E-state index is -2.06. The zero-order valence-corrected chi connectivity index (χ0v) is 15.2. The van der Waals surface area contributed by atoms with Gasteiger partial charge in [-0.05, 0) is 29.8 Å². The first-order chi connectivity index (χ1) is 10.7. The lowest BCUT2D eigenvalue weighted by atomic mass is 9.87. The second kappa shape index (κ2) is 7.56. The first kappa shape index (κ1) is 18.8. The monoisotopic (exact) mass is 411 g/mol. The van der Waals surface area contributed by atoms with E-state index in [4.69, 9.17) is 58.0 Å². The molecule has 0 unspecified atom stereocenters. The number of aliphatic hydroxyl groups excluding tert-OH is 1. The number of hydrogen-bond donors (Lipinski definition) is 1. The van der Waals surface area contributed by atoms with E-state index in [9.17, 15) is 9.90 Å². The topological polar surface area (TPSA) is 50.2 Å². The molecule has 0 bridgehead atoms. The van der Waals surface area contributed by atoms with Crippen molar-refractivity contribution in [2.45, 2.75) is 15.8 Å². The molecule has 0 amide bonds. The van der Waals surface area contributed by atoms with Crippen LogP contribution in [0.1, 0.15) is 21.8 Å². The first-order valence-electron chi connectivity index (χ1n) is 6.36. The Balaban J connectivity index is 2.51. The van der Waals surface area contributed by atoms with Crippen molar-refractivity contribution in [1.82, 2.24) is 4.98 Å². The van der Waals surface area contributed by atoms with Crippen LogP contribution in [-0.2, 0) is 0 Å². The number of nitrogens with zero attached hydrogens (tertiary/aromatic N) is 1. The van der Waals surface area contributed by atoms with Gasteiger partial charge in [0.1, 0.15) is 6.10 Å². The summed E-state index contributed by atoms with van der Waals surface area (Å²) in [5.41, 5.74) is 0.570. The zero-order chi connectivity index (χ0) is 17.2. The number of hydrogen-bond acceptors (Lipinski definition) is 3. The van der Waals surface area contributed by atoms with E-state index >= 15 is 0 Å². The predicted octanol–water partition coefficient (Wildman–Crippen LogP) is 5.09. The van der Waals surface area contributed by atoms with Gasteiger partial charge in [0.15, 0.2) is 5.78 Å². The fourth-order valence-electron chi connectivity index (χ4n) is 2.08. The number of benzene rings is 1. The molecule has 1 heterocycles. The molecule has 23 heavy (non-hydrogen) atoms. The Morgan fingerprint density at radius 2 is 1.87 bits per heavy atom. The number of halogens is 5. The molecule has 1 aromatic carbocycles. The molecule has 2 atom stereocenters. The lowest BCUT2D eigenvalue weighted by molar-refractivity contribution is 0.0817. The molecule has 0 spiro atoms. The number of rotatable bonds is 4. The minimum Gasteiger partial charge on any atom is -0.388 e. The molecule has 0 saturated carbocycles. The summed E-state index contributed by atoms with van der Waals surface area (Å²) in [5, 5.41) is 10.9. The van der Waals surface area contributed by atoms with Crippen LogP contribution in [0.5, 0.6) is 0 Å². The molecule has 0 aliphatic carbocycles. The maximum absolute atomic E-state index is 12.9. The largest absolute Gasteiger partial charge is 0.388 e. The van der Waals surface area contributed by atoms with E-state index in [1.165, 1.54) is 30.6 Å². The first-order valence-corrected chi connectivity index (χ1v) is 8.24. The average molecular weight is 414 g/mol. The highest BCUT2D eigenvalue weighted by molar-refractivity contribution is 6.68. The standard InChI is InChI=1S/C15H10Cl5NO2/c16-9-3-4-10(11(17)6-9)13(22)12(14(23)15(18,19)20)8-2-1-5-21-7-8/h1-7,12,14,23H/t12-,14+/m1/s1. The Labute approximate surface area is 158 Å². The van der Waals surface area contributed by atoms with Crippen molar-refractivity contribution in [3.63, 3.8) is 0 Å². The number of aromatic nitrogens is 1. The van der Waals surface area contributed by atoms with Crippen molar-refractivity contribution in [2.75, 3.05) is 0 Å². The fourth-order valence-corrected chi connectivity index (χ4v) is 2.96. The number of Topliss-reactive ketones (excluding diaryl/α,β-unsaturated/α-hetero) is 1. The molecular weight excluding hydrogens is 403 g/mol. The van der Waals surface area contributed by atoms with Crippen molar-refractivity contribution in [3.05, 3.63) is 63.9 Å². The van der Waals surface area contributed by atoms with Gasteiger partial charge in [0.2, 0.25) is 3.79 Å². The molecule has 8 heteroatoms. The van der Waals surface area contributed by atoms with E-state index in [1.807, 2.05) is 0 Å². The highest BCUT2D eigenvalue weighted by Crippen LogP contribution is 2.40. The number of alkyl halides is 3. The van der Waals surface area contributed by atoms with Gasteiger partial charge in [-0.15, -0.1) is 0 Å². The summed E-state index contributed by atoms with van der Waals surface area (Å²) in [6, 6.07) is 7.63.